The van der Waals surface area contributed by atoms with Gasteiger partial charge >= 0.3 is 0 Å². The van der Waals surface area contributed by atoms with E-state index in [1.807, 2.05) is 0 Å². The molecule has 0 fully saturated rings. The summed E-state index contributed by atoms with van der Waals surface area (Å²) in [4.78, 5) is 0. The molecule has 13 heavy (non-hydrogen) atoms. The van der Waals surface area contributed by atoms with Gasteiger partial charge in [-0.1, -0.05) is 25.1 Å². The summed E-state index contributed by atoms with van der Waals surface area (Å²) >= 11 is 0. The third-order valence-electron chi connectivity index (χ3n) is 2.44. The van der Waals surface area contributed by atoms with Gasteiger partial charge < -0.3 is 5.11 Å². The van der Waals surface area contributed by atoms with Gasteiger partial charge in [0.2, 0.25) is 0 Å². The second-order valence-corrected chi connectivity index (χ2v) is 3.42. The first-order chi connectivity index (χ1) is 6.19. The summed E-state index contributed by atoms with van der Waals surface area (Å²) in [7, 11) is 0. The average molecular weight is 177 g/mol. The monoisotopic (exact) mass is 177 g/mol. The molecule has 0 amide bonds. The van der Waals surface area contributed by atoms with Crippen molar-refractivity contribution in [2.75, 3.05) is 6.61 Å². The minimum atomic E-state index is 0.00426. The summed E-state index contributed by atoms with van der Waals surface area (Å²) < 4.78 is 0. The number of aliphatic hydroxyl groups is 1. The number of hydrogen-bond acceptors (Lipinski definition) is 1. The zero-order chi connectivity index (χ0) is 9.84. The Kier molecular flexibility index (Phi) is 3.49. The summed E-state index contributed by atoms with van der Waals surface area (Å²) in [6.45, 7) is 8.24. The highest BCUT2D eigenvalue weighted by atomic mass is 16.3. The van der Waals surface area contributed by atoms with Crippen LogP contribution in [0.15, 0.2) is 18.2 Å². The Hall–Kier alpha value is -0.820. The predicted octanol–water partition coefficient (Wildman–Crippen LogP) is 2.47. The number of rotatable bonds is 3. The number of hydrogen-bond donors (Lipinski definition) is 1. The molecule has 1 heteroatoms. The average Bonchev–Trinajstić information content (AvgIpc) is 2.16. The number of aryl methyl sites for hydroxylation is 2. The fraction of sp³-hybridized carbons (Fsp3) is 0.417. The Morgan fingerprint density at radius 1 is 1.46 bits per heavy atom. The molecule has 0 bridgehead atoms. The standard InChI is InChI=1S/C12H17O/c1-4-11-5-6-12(7-9(11)2)10(3)8-13/h5-7,10,13H,3-4,8H2,1-2H3. The molecule has 0 aliphatic carbocycles. The van der Waals surface area contributed by atoms with Gasteiger partial charge in [0.05, 0.1) is 0 Å². The first-order valence-electron chi connectivity index (χ1n) is 4.72. The van der Waals surface area contributed by atoms with Gasteiger partial charge in [-0.15, -0.1) is 0 Å². The maximum Gasteiger partial charge on any atom is 0.0499 e. The Bertz CT molecular complexity index is 278. The van der Waals surface area contributed by atoms with E-state index in [2.05, 4.69) is 39.0 Å². The first kappa shape index (κ1) is 10.3. The first-order valence-corrected chi connectivity index (χ1v) is 4.72. The Labute approximate surface area is 80.4 Å². The lowest BCUT2D eigenvalue weighted by Crippen LogP contribution is -2.00. The Balaban J connectivity index is 2.95. The summed E-state index contributed by atoms with van der Waals surface area (Å²) in [5.74, 6) is 0.00426. The van der Waals surface area contributed by atoms with Gasteiger partial charge in [-0.25, -0.2) is 0 Å². The molecule has 0 aliphatic heterocycles. The number of benzene rings is 1. The molecule has 1 aromatic carbocycles. The van der Waals surface area contributed by atoms with E-state index in [1.165, 1.54) is 11.1 Å². The fourth-order valence-electron chi connectivity index (χ4n) is 1.48. The quantitative estimate of drug-likeness (QED) is 0.752. The topological polar surface area (TPSA) is 20.2 Å². The van der Waals surface area contributed by atoms with Crippen molar-refractivity contribution in [3.8, 4) is 0 Å². The van der Waals surface area contributed by atoms with Crippen LogP contribution in [0.5, 0.6) is 0 Å². The van der Waals surface area contributed by atoms with E-state index >= 15 is 0 Å². The van der Waals surface area contributed by atoms with Crippen LogP contribution in [0.2, 0.25) is 0 Å². The molecule has 0 aliphatic rings. The molecule has 1 N–H and O–H groups in total. The van der Waals surface area contributed by atoms with Gasteiger partial charge in [-0.3, -0.25) is 0 Å². The molecular weight excluding hydrogens is 160 g/mol. The van der Waals surface area contributed by atoms with Gasteiger partial charge in [0.15, 0.2) is 0 Å². The van der Waals surface area contributed by atoms with Crippen LogP contribution in [0.3, 0.4) is 0 Å². The van der Waals surface area contributed by atoms with E-state index in [-0.39, 0.29) is 12.5 Å². The van der Waals surface area contributed by atoms with Gasteiger partial charge in [-0.05, 0) is 37.0 Å². The highest BCUT2D eigenvalue weighted by Gasteiger charge is 2.05. The van der Waals surface area contributed by atoms with E-state index in [0.29, 0.717) is 0 Å². The van der Waals surface area contributed by atoms with Gasteiger partial charge in [0, 0.05) is 12.5 Å². The Morgan fingerprint density at radius 2 is 2.15 bits per heavy atom. The van der Waals surface area contributed by atoms with Crippen molar-refractivity contribution in [2.45, 2.75) is 26.2 Å². The van der Waals surface area contributed by atoms with Crippen LogP contribution in [0.4, 0.5) is 0 Å². The van der Waals surface area contributed by atoms with E-state index in [0.717, 1.165) is 12.0 Å². The summed E-state index contributed by atoms with van der Waals surface area (Å²) in [5.41, 5.74) is 3.79. The highest BCUT2D eigenvalue weighted by Crippen LogP contribution is 2.18. The van der Waals surface area contributed by atoms with Crippen LogP contribution in [0, 0.1) is 13.8 Å². The molecular formula is C12H17O. The van der Waals surface area contributed by atoms with Crippen molar-refractivity contribution >= 4 is 0 Å². The number of aliphatic hydroxyl groups excluding tert-OH is 1. The highest BCUT2D eigenvalue weighted by molar-refractivity contribution is 5.33. The molecule has 1 rings (SSSR count). The fourth-order valence-corrected chi connectivity index (χ4v) is 1.48. The van der Waals surface area contributed by atoms with Gasteiger partial charge in [-0.2, -0.15) is 0 Å². The molecule has 0 heterocycles. The maximum atomic E-state index is 8.94. The molecule has 1 nitrogen and oxygen atoms in total. The molecule has 0 saturated carbocycles. The van der Waals surface area contributed by atoms with Crippen LogP contribution in [-0.4, -0.2) is 11.7 Å². The maximum absolute atomic E-state index is 8.94. The Morgan fingerprint density at radius 3 is 2.62 bits per heavy atom. The van der Waals surface area contributed by atoms with Crippen molar-refractivity contribution in [3.63, 3.8) is 0 Å². The minimum absolute atomic E-state index is 0.00426. The van der Waals surface area contributed by atoms with Crippen LogP contribution in [0.1, 0.15) is 29.5 Å². The van der Waals surface area contributed by atoms with E-state index in [1.54, 1.807) is 0 Å². The molecule has 1 aromatic rings. The zero-order valence-corrected chi connectivity index (χ0v) is 8.38. The second kappa shape index (κ2) is 4.43. The minimum Gasteiger partial charge on any atom is -0.396 e. The van der Waals surface area contributed by atoms with E-state index < -0.39 is 0 Å². The van der Waals surface area contributed by atoms with Gasteiger partial charge in [0.25, 0.3) is 0 Å². The van der Waals surface area contributed by atoms with E-state index in [9.17, 15) is 0 Å². The second-order valence-electron chi connectivity index (χ2n) is 3.42. The van der Waals surface area contributed by atoms with Gasteiger partial charge in [0.1, 0.15) is 0 Å². The van der Waals surface area contributed by atoms with Crippen molar-refractivity contribution in [2.24, 2.45) is 0 Å². The lowest BCUT2D eigenvalue weighted by Gasteiger charge is -2.11. The SMILES string of the molecule is [CH2]C(CO)c1ccc(CC)c(C)c1. The molecule has 0 aromatic heterocycles. The van der Waals surface area contributed by atoms with Crippen LogP contribution in [0.25, 0.3) is 0 Å². The predicted molar refractivity (Wildman–Crippen MR) is 55.7 cm³/mol. The normalized spacial score (nSPS) is 12.9. The van der Waals surface area contributed by atoms with Crippen LogP contribution in [-0.2, 0) is 6.42 Å². The van der Waals surface area contributed by atoms with Crippen LogP contribution >= 0.6 is 0 Å². The zero-order valence-electron chi connectivity index (χ0n) is 8.38. The van der Waals surface area contributed by atoms with Crippen molar-refractivity contribution < 1.29 is 5.11 Å². The van der Waals surface area contributed by atoms with Crippen LogP contribution < -0.4 is 0 Å². The summed E-state index contributed by atoms with van der Waals surface area (Å²) in [6, 6.07) is 6.30. The smallest absolute Gasteiger partial charge is 0.0499 e. The van der Waals surface area contributed by atoms with E-state index in [4.69, 9.17) is 5.11 Å². The van der Waals surface area contributed by atoms with Crippen molar-refractivity contribution in [1.82, 2.24) is 0 Å². The third kappa shape index (κ3) is 2.31. The lowest BCUT2D eigenvalue weighted by atomic mass is 9.96. The largest absolute Gasteiger partial charge is 0.396 e. The lowest BCUT2D eigenvalue weighted by molar-refractivity contribution is 0.282. The third-order valence-corrected chi connectivity index (χ3v) is 2.44. The molecule has 1 atom stereocenters. The van der Waals surface area contributed by atoms with Crippen molar-refractivity contribution in [1.29, 1.82) is 0 Å². The summed E-state index contributed by atoms with van der Waals surface area (Å²) in [6.07, 6.45) is 1.06. The molecule has 0 saturated heterocycles. The molecule has 0 spiro atoms. The molecule has 1 unspecified atom stereocenters. The molecule has 1 radical (unpaired) electrons. The summed E-state index contributed by atoms with van der Waals surface area (Å²) in [5, 5.41) is 8.94. The van der Waals surface area contributed by atoms with Crippen molar-refractivity contribution in [3.05, 3.63) is 41.8 Å². The molecule has 71 valence electrons.